The van der Waals surface area contributed by atoms with E-state index >= 15 is 0 Å². The Morgan fingerprint density at radius 3 is 2.69 bits per heavy atom. The molecule has 1 unspecified atom stereocenters. The molecule has 2 aliphatic rings. The van der Waals surface area contributed by atoms with Crippen LogP contribution in [0, 0.1) is 6.08 Å². The zero-order chi connectivity index (χ0) is 19.6. The Balaban J connectivity index is 1.37. The largest absolute Gasteiger partial charge is 0.508 e. The van der Waals surface area contributed by atoms with Crippen LogP contribution < -0.4 is 4.74 Å². The van der Waals surface area contributed by atoms with Crippen molar-refractivity contribution in [1.82, 2.24) is 0 Å². The van der Waals surface area contributed by atoms with Crippen LogP contribution in [0.15, 0.2) is 72.3 Å². The van der Waals surface area contributed by atoms with Crippen molar-refractivity contribution in [3.05, 3.63) is 106 Å². The topological polar surface area (TPSA) is 29.5 Å². The number of ether oxygens (including phenoxy) is 1. The van der Waals surface area contributed by atoms with Crippen molar-refractivity contribution in [2.24, 2.45) is 0 Å². The van der Waals surface area contributed by atoms with Crippen molar-refractivity contribution < 1.29 is 9.84 Å². The molecule has 0 spiro atoms. The van der Waals surface area contributed by atoms with Crippen LogP contribution in [0.1, 0.15) is 46.6 Å². The summed E-state index contributed by atoms with van der Waals surface area (Å²) in [6.45, 7) is 0.589. The second kappa shape index (κ2) is 7.63. The van der Waals surface area contributed by atoms with Crippen LogP contribution in [-0.4, -0.2) is 5.11 Å². The second-order valence-electron chi connectivity index (χ2n) is 7.77. The highest BCUT2D eigenvalue weighted by atomic mass is 16.5. The van der Waals surface area contributed by atoms with Crippen molar-refractivity contribution in [1.29, 1.82) is 0 Å². The summed E-state index contributed by atoms with van der Waals surface area (Å²) in [4.78, 5) is 0. The second-order valence-corrected chi connectivity index (χ2v) is 7.77. The summed E-state index contributed by atoms with van der Waals surface area (Å²) >= 11 is 0. The van der Waals surface area contributed by atoms with Gasteiger partial charge in [-0.15, -0.1) is 0 Å². The molecule has 0 fully saturated rings. The van der Waals surface area contributed by atoms with Crippen molar-refractivity contribution in [2.75, 3.05) is 0 Å². The normalized spacial score (nSPS) is 17.2. The summed E-state index contributed by atoms with van der Waals surface area (Å²) in [5, 5.41) is 9.96. The Morgan fingerprint density at radius 1 is 0.931 bits per heavy atom. The molecule has 143 valence electrons. The van der Waals surface area contributed by atoms with Gasteiger partial charge in [0.1, 0.15) is 18.1 Å². The van der Waals surface area contributed by atoms with Gasteiger partial charge in [-0.3, -0.25) is 0 Å². The summed E-state index contributed by atoms with van der Waals surface area (Å²) in [7, 11) is 0. The number of rotatable bonds is 4. The van der Waals surface area contributed by atoms with E-state index in [1.807, 2.05) is 36.4 Å². The van der Waals surface area contributed by atoms with Crippen LogP contribution in [0.3, 0.4) is 0 Å². The Kier molecular flexibility index (Phi) is 4.69. The quantitative estimate of drug-likeness (QED) is 0.576. The zero-order valence-corrected chi connectivity index (χ0v) is 16.3. The number of phenols is 1. The van der Waals surface area contributed by atoms with E-state index in [0.717, 1.165) is 30.6 Å². The SMILES string of the molecule is Oc1ccc2c(c1)C(C1=Cc3ccc(OCc4ccccc4)cc3CC1)C[C]=C2. The van der Waals surface area contributed by atoms with Crippen LogP contribution in [0.25, 0.3) is 12.2 Å². The van der Waals surface area contributed by atoms with Crippen molar-refractivity contribution >= 4 is 12.2 Å². The van der Waals surface area contributed by atoms with Crippen LogP contribution in [0.5, 0.6) is 11.5 Å². The minimum absolute atomic E-state index is 0.296. The highest BCUT2D eigenvalue weighted by Gasteiger charge is 2.24. The molecule has 2 heteroatoms. The number of aryl methyl sites for hydroxylation is 1. The third-order valence-corrected chi connectivity index (χ3v) is 5.86. The molecule has 0 saturated carbocycles. The highest BCUT2D eigenvalue weighted by molar-refractivity contribution is 5.66. The van der Waals surface area contributed by atoms with Gasteiger partial charge in [0.25, 0.3) is 0 Å². The summed E-state index contributed by atoms with van der Waals surface area (Å²) in [5.41, 5.74) is 7.58. The van der Waals surface area contributed by atoms with E-state index < -0.39 is 0 Å². The minimum Gasteiger partial charge on any atom is -0.508 e. The van der Waals surface area contributed by atoms with E-state index in [0.29, 0.717) is 18.3 Å². The average Bonchev–Trinajstić information content (AvgIpc) is 2.77. The van der Waals surface area contributed by atoms with Crippen LogP contribution >= 0.6 is 0 Å². The molecule has 29 heavy (non-hydrogen) atoms. The smallest absolute Gasteiger partial charge is 0.120 e. The van der Waals surface area contributed by atoms with E-state index in [9.17, 15) is 5.11 Å². The maximum Gasteiger partial charge on any atom is 0.120 e. The fourth-order valence-electron chi connectivity index (χ4n) is 4.32. The fourth-order valence-corrected chi connectivity index (χ4v) is 4.32. The lowest BCUT2D eigenvalue weighted by Gasteiger charge is -2.27. The van der Waals surface area contributed by atoms with Crippen molar-refractivity contribution in [3.8, 4) is 11.5 Å². The monoisotopic (exact) mass is 379 g/mol. The van der Waals surface area contributed by atoms with Crippen molar-refractivity contribution in [2.45, 2.75) is 31.8 Å². The van der Waals surface area contributed by atoms with Gasteiger partial charge in [0.05, 0.1) is 0 Å². The standard InChI is InChI=1S/C27H23O2/c28-24-13-11-20-7-4-8-26(27(20)17-24)23-10-9-22-16-25(14-12-21(22)15-23)29-18-19-5-2-1-3-6-19/h1-3,5-7,11-17,26,28H,8-10,18H2. The minimum atomic E-state index is 0.296. The van der Waals surface area contributed by atoms with Gasteiger partial charge in [0.15, 0.2) is 0 Å². The highest BCUT2D eigenvalue weighted by Crippen LogP contribution is 2.41. The third kappa shape index (κ3) is 3.71. The van der Waals surface area contributed by atoms with Crippen LogP contribution in [0.4, 0.5) is 0 Å². The summed E-state index contributed by atoms with van der Waals surface area (Å²) in [6.07, 6.45) is 10.7. The Hall–Kier alpha value is -3.26. The lowest BCUT2D eigenvalue weighted by atomic mass is 9.77. The predicted molar refractivity (Wildman–Crippen MR) is 117 cm³/mol. The lowest BCUT2D eigenvalue weighted by molar-refractivity contribution is 0.306. The first kappa shape index (κ1) is 17.8. The summed E-state index contributed by atoms with van der Waals surface area (Å²) in [5.74, 6) is 1.55. The molecular weight excluding hydrogens is 356 g/mol. The number of benzene rings is 3. The van der Waals surface area contributed by atoms with Gasteiger partial charge in [-0.25, -0.2) is 0 Å². The third-order valence-electron chi connectivity index (χ3n) is 5.86. The molecule has 3 aromatic carbocycles. The molecule has 1 N–H and O–H groups in total. The van der Waals surface area contributed by atoms with E-state index in [1.54, 1.807) is 6.07 Å². The zero-order valence-electron chi connectivity index (χ0n) is 16.3. The van der Waals surface area contributed by atoms with Crippen molar-refractivity contribution in [3.63, 3.8) is 0 Å². The van der Waals surface area contributed by atoms with E-state index in [4.69, 9.17) is 4.74 Å². The molecule has 5 rings (SSSR count). The Labute approximate surface area is 171 Å². The number of aromatic hydroxyl groups is 1. The summed E-state index contributed by atoms with van der Waals surface area (Å²) in [6, 6.07) is 22.3. The first-order valence-corrected chi connectivity index (χ1v) is 10.2. The maximum absolute atomic E-state index is 9.96. The molecule has 2 aliphatic carbocycles. The molecule has 1 radical (unpaired) electrons. The molecule has 3 aromatic rings. The maximum atomic E-state index is 9.96. The van der Waals surface area contributed by atoms with Gasteiger partial charge in [-0.1, -0.05) is 60.2 Å². The fraction of sp³-hybridized carbons (Fsp3) is 0.185. The number of hydrogen-bond donors (Lipinski definition) is 1. The van der Waals surface area contributed by atoms with Gasteiger partial charge in [-0.05, 0) is 77.4 Å². The molecule has 1 atom stereocenters. The number of hydrogen-bond acceptors (Lipinski definition) is 2. The Bertz CT molecular complexity index is 1090. The van der Waals surface area contributed by atoms with Gasteiger partial charge in [0, 0.05) is 5.92 Å². The van der Waals surface area contributed by atoms with Gasteiger partial charge >= 0.3 is 0 Å². The molecule has 0 bridgehead atoms. The van der Waals surface area contributed by atoms with Gasteiger partial charge < -0.3 is 9.84 Å². The van der Waals surface area contributed by atoms with Gasteiger partial charge in [0.2, 0.25) is 0 Å². The number of allylic oxidation sites excluding steroid dienone is 2. The van der Waals surface area contributed by atoms with Crippen LogP contribution in [-0.2, 0) is 13.0 Å². The summed E-state index contributed by atoms with van der Waals surface area (Å²) < 4.78 is 6.00. The Morgan fingerprint density at radius 2 is 1.79 bits per heavy atom. The molecular formula is C27H23O2. The molecule has 0 aliphatic heterocycles. The molecule has 0 heterocycles. The molecule has 0 amide bonds. The first-order valence-electron chi connectivity index (χ1n) is 10.2. The first-order chi connectivity index (χ1) is 14.3. The molecule has 0 aromatic heterocycles. The van der Waals surface area contributed by atoms with Crippen LogP contribution in [0.2, 0.25) is 0 Å². The molecule has 2 nitrogen and oxygen atoms in total. The van der Waals surface area contributed by atoms with E-state index in [-0.39, 0.29) is 0 Å². The average molecular weight is 379 g/mol. The molecule has 0 saturated heterocycles. The van der Waals surface area contributed by atoms with E-state index in [2.05, 4.69) is 42.5 Å². The number of fused-ring (bicyclic) bond motifs is 2. The number of phenolic OH excluding ortho intramolecular Hbond substituents is 1. The lowest BCUT2D eigenvalue weighted by Crippen LogP contribution is -2.11. The van der Waals surface area contributed by atoms with Gasteiger partial charge in [-0.2, -0.15) is 0 Å². The predicted octanol–water partition coefficient (Wildman–Crippen LogP) is 6.30. The van der Waals surface area contributed by atoms with E-state index in [1.165, 1.54) is 27.8 Å².